The van der Waals surface area contributed by atoms with Gasteiger partial charge in [-0.15, -0.1) is 11.8 Å². The maximum atomic E-state index is 12.5. The van der Waals surface area contributed by atoms with Gasteiger partial charge < -0.3 is 4.90 Å². The van der Waals surface area contributed by atoms with Crippen molar-refractivity contribution in [3.63, 3.8) is 0 Å². The highest BCUT2D eigenvalue weighted by Gasteiger charge is 2.19. The topological polar surface area (TPSA) is 38.1 Å². The van der Waals surface area contributed by atoms with Crippen molar-refractivity contribution in [2.75, 3.05) is 13.3 Å². The van der Waals surface area contributed by atoms with E-state index in [1.54, 1.807) is 27.5 Å². The SMILES string of the molecule is CSc1cccc(CN(C)C(=O)C(C)n2cc(C)cn2)c1. The highest BCUT2D eigenvalue weighted by atomic mass is 32.2. The Morgan fingerprint density at radius 2 is 2.24 bits per heavy atom. The third-order valence-electron chi connectivity index (χ3n) is 3.41. The first-order chi connectivity index (χ1) is 10.0. The van der Waals surface area contributed by atoms with E-state index in [-0.39, 0.29) is 11.9 Å². The van der Waals surface area contributed by atoms with E-state index in [0.29, 0.717) is 6.54 Å². The molecule has 1 amide bonds. The molecule has 1 heterocycles. The number of aromatic nitrogens is 2. The van der Waals surface area contributed by atoms with Crippen molar-refractivity contribution < 1.29 is 4.79 Å². The summed E-state index contributed by atoms with van der Waals surface area (Å²) in [6.45, 7) is 4.46. The molecule has 1 aromatic carbocycles. The van der Waals surface area contributed by atoms with Gasteiger partial charge in [0.25, 0.3) is 0 Å². The lowest BCUT2D eigenvalue weighted by Crippen LogP contribution is -2.33. The summed E-state index contributed by atoms with van der Waals surface area (Å²) in [6, 6.07) is 7.99. The van der Waals surface area contributed by atoms with Crippen LogP contribution in [0, 0.1) is 6.92 Å². The second-order valence-electron chi connectivity index (χ2n) is 5.22. The zero-order valence-corrected chi connectivity index (χ0v) is 13.7. The molecule has 0 saturated carbocycles. The molecule has 0 radical (unpaired) electrons. The highest BCUT2D eigenvalue weighted by Crippen LogP contribution is 2.18. The Bertz CT molecular complexity index is 623. The van der Waals surface area contributed by atoms with E-state index in [9.17, 15) is 4.79 Å². The minimum absolute atomic E-state index is 0.0626. The van der Waals surface area contributed by atoms with Gasteiger partial charge in [-0.2, -0.15) is 5.10 Å². The number of benzene rings is 1. The van der Waals surface area contributed by atoms with Crippen molar-refractivity contribution in [1.82, 2.24) is 14.7 Å². The molecule has 1 unspecified atom stereocenters. The molecule has 1 atom stereocenters. The van der Waals surface area contributed by atoms with Crippen molar-refractivity contribution in [1.29, 1.82) is 0 Å². The van der Waals surface area contributed by atoms with Crippen molar-refractivity contribution >= 4 is 17.7 Å². The Kier molecular flexibility index (Phi) is 5.07. The smallest absolute Gasteiger partial charge is 0.247 e. The average molecular weight is 303 g/mol. The molecule has 4 nitrogen and oxygen atoms in total. The first-order valence-electron chi connectivity index (χ1n) is 6.90. The van der Waals surface area contributed by atoms with Crippen molar-refractivity contribution in [3.05, 3.63) is 47.8 Å². The molecule has 0 fully saturated rings. The van der Waals surface area contributed by atoms with Crippen LogP contribution in [0.5, 0.6) is 0 Å². The Balaban J connectivity index is 2.05. The fraction of sp³-hybridized carbons (Fsp3) is 0.375. The summed E-state index contributed by atoms with van der Waals surface area (Å²) in [5, 5.41) is 4.22. The molecule has 0 spiro atoms. The molecule has 2 rings (SSSR count). The van der Waals surface area contributed by atoms with Crippen molar-refractivity contribution in [3.8, 4) is 0 Å². The standard InChI is InChI=1S/C16H21N3OS/c1-12-9-17-19(10-12)13(2)16(20)18(3)11-14-6-5-7-15(8-14)21-4/h5-10,13H,11H2,1-4H3. The fourth-order valence-corrected chi connectivity index (χ4v) is 2.68. The summed E-state index contributed by atoms with van der Waals surface area (Å²) in [6.07, 6.45) is 5.71. The third kappa shape index (κ3) is 3.88. The fourth-order valence-electron chi connectivity index (χ4n) is 2.20. The Hall–Kier alpha value is -1.75. The number of likely N-dealkylation sites (N-methyl/N-ethyl adjacent to an activating group) is 1. The summed E-state index contributed by atoms with van der Waals surface area (Å²) in [5.74, 6) is 0.0626. The number of hydrogen-bond acceptors (Lipinski definition) is 3. The lowest BCUT2D eigenvalue weighted by Gasteiger charge is -2.22. The zero-order chi connectivity index (χ0) is 15.4. The van der Waals surface area contributed by atoms with Gasteiger partial charge in [0.15, 0.2) is 0 Å². The molecule has 0 bridgehead atoms. The lowest BCUT2D eigenvalue weighted by atomic mass is 10.2. The summed E-state index contributed by atoms with van der Waals surface area (Å²) < 4.78 is 1.71. The molecule has 5 heteroatoms. The summed E-state index contributed by atoms with van der Waals surface area (Å²) >= 11 is 1.71. The van der Waals surface area contributed by atoms with Gasteiger partial charge in [-0.25, -0.2) is 0 Å². The van der Waals surface area contributed by atoms with Crippen LogP contribution in [0.2, 0.25) is 0 Å². The molecule has 0 aliphatic heterocycles. The van der Waals surface area contributed by atoms with Crippen LogP contribution in [-0.2, 0) is 11.3 Å². The monoisotopic (exact) mass is 303 g/mol. The van der Waals surface area contributed by atoms with E-state index in [0.717, 1.165) is 11.1 Å². The van der Waals surface area contributed by atoms with E-state index in [2.05, 4.69) is 23.5 Å². The van der Waals surface area contributed by atoms with E-state index >= 15 is 0 Å². The molecule has 0 saturated heterocycles. The van der Waals surface area contributed by atoms with E-state index in [4.69, 9.17) is 0 Å². The number of thioether (sulfide) groups is 1. The normalized spacial score (nSPS) is 12.2. The van der Waals surface area contributed by atoms with Crippen LogP contribution in [-0.4, -0.2) is 33.9 Å². The van der Waals surface area contributed by atoms with Crippen LogP contribution in [0.1, 0.15) is 24.1 Å². The Morgan fingerprint density at radius 1 is 1.48 bits per heavy atom. The Labute approximate surface area is 130 Å². The lowest BCUT2D eigenvalue weighted by molar-refractivity contribution is -0.133. The van der Waals surface area contributed by atoms with Crippen molar-refractivity contribution in [2.24, 2.45) is 0 Å². The Morgan fingerprint density at radius 3 is 2.86 bits per heavy atom. The largest absolute Gasteiger partial charge is 0.340 e. The van der Waals surface area contributed by atoms with Gasteiger partial charge in [0.2, 0.25) is 5.91 Å². The summed E-state index contributed by atoms with van der Waals surface area (Å²) in [4.78, 5) is 15.4. The van der Waals surface area contributed by atoms with Crippen LogP contribution >= 0.6 is 11.8 Å². The second-order valence-corrected chi connectivity index (χ2v) is 6.10. The molecular weight excluding hydrogens is 282 g/mol. The molecule has 2 aromatic rings. The van der Waals surface area contributed by atoms with Gasteiger partial charge in [0, 0.05) is 24.7 Å². The number of carbonyl (C=O) groups excluding carboxylic acids is 1. The first kappa shape index (κ1) is 15.6. The van der Waals surface area contributed by atoms with E-state index in [1.165, 1.54) is 4.90 Å². The molecule has 112 valence electrons. The molecule has 1 aromatic heterocycles. The summed E-state index contributed by atoms with van der Waals surface area (Å²) in [7, 11) is 1.83. The second kappa shape index (κ2) is 6.80. The third-order valence-corrected chi connectivity index (χ3v) is 4.14. The predicted molar refractivity (Wildman–Crippen MR) is 86.4 cm³/mol. The van der Waals surface area contributed by atoms with Crippen molar-refractivity contribution in [2.45, 2.75) is 31.3 Å². The average Bonchev–Trinajstić information content (AvgIpc) is 2.92. The summed E-state index contributed by atoms with van der Waals surface area (Å²) in [5.41, 5.74) is 2.20. The van der Waals surface area contributed by atoms with Crippen LogP contribution in [0.3, 0.4) is 0 Å². The number of nitrogens with zero attached hydrogens (tertiary/aromatic N) is 3. The maximum absolute atomic E-state index is 12.5. The van der Waals surface area contributed by atoms with E-state index in [1.807, 2.05) is 39.2 Å². The minimum Gasteiger partial charge on any atom is -0.340 e. The van der Waals surface area contributed by atoms with Gasteiger partial charge in [0.1, 0.15) is 6.04 Å². The number of hydrogen-bond donors (Lipinski definition) is 0. The number of rotatable bonds is 5. The molecule has 0 aliphatic rings. The number of aryl methyl sites for hydroxylation is 1. The van der Waals surface area contributed by atoms with Gasteiger partial charge in [0.05, 0.1) is 6.20 Å². The predicted octanol–water partition coefficient (Wildman–Crippen LogP) is 3.13. The van der Waals surface area contributed by atoms with Crippen LogP contribution < -0.4 is 0 Å². The van der Waals surface area contributed by atoms with Crippen LogP contribution in [0.25, 0.3) is 0 Å². The first-order valence-corrected chi connectivity index (χ1v) is 8.12. The van der Waals surface area contributed by atoms with Gasteiger partial charge in [-0.3, -0.25) is 9.48 Å². The zero-order valence-electron chi connectivity index (χ0n) is 12.9. The molecule has 0 aliphatic carbocycles. The number of amides is 1. The highest BCUT2D eigenvalue weighted by molar-refractivity contribution is 7.98. The molecular formula is C16H21N3OS. The van der Waals surface area contributed by atoms with Crippen LogP contribution in [0.4, 0.5) is 0 Å². The van der Waals surface area contributed by atoms with Gasteiger partial charge in [-0.05, 0) is 43.4 Å². The minimum atomic E-state index is -0.285. The van der Waals surface area contributed by atoms with Gasteiger partial charge in [-0.1, -0.05) is 12.1 Å². The molecule has 0 N–H and O–H groups in total. The van der Waals surface area contributed by atoms with Crippen LogP contribution in [0.15, 0.2) is 41.6 Å². The molecule has 21 heavy (non-hydrogen) atoms. The van der Waals surface area contributed by atoms with E-state index < -0.39 is 0 Å². The maximum Gasteiger partial charge on any atom is 0.247 e. The van der Waals surface area contributed by atoms with Gasteiger partial charge >= 0.3 is 0 Å². The quantitative estimate of drug-likeness (QED) is 0.797. The number of carbonyl (C=O) groups is 1.